The number of urea groups is 1. The standard InChI is InChI=1S/C18H19F3N2O4/c1-25-15-5-3-11(9-16(15)26-2)7-8-22-18(24)23-12-4-6-14(13(19)10-12)27-17(20)21/h3-6,9-10,17H,7-8H2,1-2H3,(H2,22,23,24). The average molecular weight is 384 g/mol. The van der Waals surface area contributed by atoms with Gasteiger partial charge in [0.05, 0.1) is 14.2 Å². The number of halogens is 3. The van der Waals surface area contributed by atoms with E-state index in [1.165, 1.54) is 13.2 Å². The van der Waals surface area contributed by atoms with Crippen molar-refractivity contribution in [2.45, 2.75) is 13.0 Å². The third-order valence-electron chi connectivity index (χ3n) is 3.55. The van der Waals surface area contributed by atoms with Gasteiger partial charge < -0.3 is 24.8 Å². The zero-order chi connectivity index (χ0) is 19.8. The minimum atomic E-state index is -3.13. The number of hydrogen-bond acceptors (Lipinski definition) is 4. The van der Waals surface area contributed by atoms with Crippen molar-refractivity contribution in [3.05, 3.63) is 47.8 Å². The Bertz CT molecular complexity index is 787. The summed E-state index contributed by atoms with van der Waals surface area (Å²) >= 11 is 0. The van der Waals surface area contributed by atoms with E-state index in [1.54, 1.807) is 19.2 Å². The zero-order valence-corrected chi connectivity index (χ0v) is 14.7. The molecule has 0 radical (unpaired) electrons. The second-order valence-corrected chi connectivity index (χ2v) is 5.34. The summed E-state index contributed by atoms with van der Waals surface area (Å²) in [6.07, 6.45) is 0.531. The Hall–Kier alpha value is -3.10. The highest BCUT2D eigenvalue weighted by molar-refractivity contribution is 5.89. The number of benzene rings is 2. The van der Waals surface area contributed by atoms with Gasteiger partial charge in [0.2, 0.25) is 0 Å². The van der Waals surface area contributed by atoms with Crippen molar-refractivity contribution in [2.24, 2.45) is 0 Å². The molecule has 0 aliphatic carbocycles. The maximum absolute atomic E-state index is 13.6. The number of alkyl halides is 2. The molecule has 0 aliphatic heterocycles. The number of ether oxygens (including phenoxy) is 3. The Balaban J connectivity index is 1.85. The molecule has 0 heterocycles. The van der Waals surface area contributed by atoms with Crippen molar-refractivity contribution in [1.29, 1.82) is 0 Å². The Morgan fingerprint density at radius 3 is 2.37 bits per heavy atom. The fourth-order valence-corrected chi connectivity index (χ4v) is 2.30. The van der Waals surface area contributed by atoms with Crippen molar-refractivity contribution >= 4 is 11.7 Å². The van der Waals surface area contributed by atoms with Crippen LogP contribution >= 0.6 is 0 Å². The van der Waals surface area contributed by atoms with Gasteiger partial charge in [0.1, 0.15) is 0 Å². The summed E-state index contributed by atoms with van der Waals surface area (Å²) in [7, 11) is 3.07. The van der Waals surface area contributed by atoms with Crippen molar-refractivity contribution < 1.29 is 32.2 Å². The fraction of sp³-hybridized carbons (Fsp3) is 0.278. The summed E-state index contributed by atoms with van der Waals surface area (Å²) in [5.74, 6) is -0.405. The number of hydrogen-bond donors (Lipinski definition) is 2. The third-order valence-corrected chi connectivity index (χ3v) is 3.55. The van der Waals surface area contributed by atoms with Gasteiger partial charge in [0.15, 0.2) is 23.1 Å². The molecule has 27 heavy (non-hydrogen) atoms. The maximum Gasteiger partial charge on any atom is 0.387 e. The quantitative estimate of drug-likeness (QED) is 0.726. The van der Waals surface area contributed by atoms with Crippen LogP contribution in [0.25, 0.3) is 0 Å². The molecule has 2 aromatic rings. The van der Waals surface area contributed by atoms with Crippen molar-refractivity contribution in [3.8, 4) is 17.2 Å². The first-order valence-corrected chi connectivity index (χ1v) is 7.93. The minimum absolute atomic E-state index is 0.109. The summed E-state index contributed by atoms with van der Waals surface area (Å²) < 4.78 is 52.2. The van der Waals surface area contributed by atoms with Crippen LogP contribution < -0.4 is 24.8 Å². The SMILES string of the molecule is COc1ccc(CCNC(=O)Nc2ccc(OC(F)F)c(F)c2)cc1OC. The molecule has 0 aromatic heterocycles. The van der Waals surface area contributed by atoms with E-state index in [0.717, 1.165) is 17.7 Å². The molecule has 2 amide bonds. The Kier molecular flexibility index (Phi) is 7.16. The van der Waals surface area contributed by atoms with Gasteiger partial charge in [-0.15, -0.1) is 0 Å². The summed E-state index contributed by atoms with van der Waals surface area (Å²) in [5.41, 5.74) is 1.03. The summed E-state index contributed by atoms with van der Waals surface area (Å²) in [5, 5.41) is 5.03. The van der Waals surface area contributed by atoms with Crippen LogP contribution in [0.1, 0.15) is 5.56 Å². The average Bonchev–Trinajstić information content (AvgIpc) is 2.63. The number of methoxy groups -OCH3 is 2. The predicted octanol–water partition coefficient (Wildman–Crippen LogP) is 3.81. The molecule has 2 rings (SSSR count). The maximum atomic E-state index is 13.6. The number of amides is 2. The number of carbonyl (C=O) groups excluding carboxylic acids is 1. The zero-order valence-electron chi connectivity index (χ0n) is 14.7. The Labute approximate surface area is 154 Å². The van der Waals surface area contributed by atoms with Gasteiger partial charge in [-0.05, 0) is 36.2 Å². The first kappa shape index (κ1) is 20.2. The van der Waals surface area contributed by atoms with Crippen molar-refractivity contribution in [1.82, 2.24) is 5.32 Å². The molecule has 0 unspecified atom stereocenters. The monoisotopic (exact) mass is 384 g/mol. The first-order chi connectivity index (χ1) is 12.9. The number of nitrogens with one attached hydrogen (secondary N) is 2. The summed E-state index contributed by atoms with van der Waals surface area (Å²) in [4.78, 5) is 11.9. The van der Waals surface area contributed by atoms with Crippen molar-refractivity contribution in [2.75, 3.05) is 26.1 Å². The van der Waals surface area contributed by atoms with E-state index in [9.17, 15) is 18.0 Å². The van der Waals surface area contributed by atoms with Gasteiger partial charge in [-0.3, -0.25) is 0 Å². The molecule has 9 heteroatoms. The molecule has 0 bridgehead atoms. The van der Waals surface area contributed by atoms with Crippen LogP contribution in [0.15, 0.2) is 36.4 Å². The second-order valence-electron chi connectivity index (χ2n) is 5.34. The first-order valence-electron chi connectivity index (χ1n) is 7.93. The van der Waals surface area contributed by atoms with E-state index < -0.39 is 24.2 Å². The lowest BCUT2D eigenvalue weighted by molar-refractivity contribution is -0.0521. The van der Waals surface area contributed by atoms with Crippen LogP contribution in [0.4, 0.5) is 23.7 Å². The normalized spacial score (nSPS) is 10.4. The summed E-state index contributed by atoms with van der Waals surface area (Å²) in [6.45, 7) is -2.81. The Morgan fingerprint density at radius 2 is 1.74 bits per heavy atom. The lowest BCUT2D eigenvalue weighted by Crippen LogP contribution is -2.30. The van der Waals surface area contributed by atoms with Gasteiger partial charge in [0.25, 0.3) is 0 Å². The fourth-order valence-electron chi connectivity index (χ4n) is 2.30. The molecule has 0 saturated carbocycles. The number of carbonyl (C=O) groups is 1. The lowest BCUT2D eigenvalue weighted by atomic mass is 10.1. The van der Waals surface area contributed by atoms with E-state index >= 15 is 0 Å². The van der Waals surface area contributed by atoms with E-state index in [2.05, 4.69) is 15.4 Å². The van der Waals surface area contributed by atoms with Gasteiger partial charge in [0, 0.05) is 18.3 Å². The van der Waals surface area contributed by atoms with Crippen LogP contribution in [-0.4, -0.2) is 33.4 Å². The molecular weight excluding hydrogens is 365 g/mol. The smallest absolute Gasteiger partial charge is 0.387 e. The third kappa shape index (κ3) is 5.98. The molecule has 6 nitrogen and oxygen atoms in total. The van der Waals surface area contributed by atoms with Crippen LogP contribution in [0.3, 0.4) is 0 Å². The van der Waals surface area contributed by atoms with Crippen LogP contribution in [0, 0.1) is 5.82 Å². The topological polar surface area (TPSA) is 68.8 Å². The van der Waals surface area contributed by atoms with E-state index in [0.29, 0.717) is 24.5 Å². The van der Waals surface area contributed by atoms with Gasteiger partial charge in [-0.2, -0.15) is 8.78 Å². The van der Waals surface area contributed by atoms with E-state index in [4.69, 9.17) is 9.47 Å². The van der Waals surface area contributed by atoms with Crippen LogP contribution in [-0.2, 0) is 6.42 Å². The number of anilines is 1. The lowest BCUT2D eigenvalue weighted by Gasteiger charge is -2.11. The summed E-state index contributed by atoms with van der Waals surface area (Å²) in [6, 6.07) is 8.02. The molecule has 0 atom stereocenters. The van der Waals surface area contributed by atoms with Gasteiger partial charge in [-0.1, -0.05) is 6.07 Å². The highest BCUT2D eigenvalue weighted by Gasteiger charge is 2.11. The highest BCUT2D eigenvalue weighted by atomic mass is 19.3. The molecule has 0 aliphatic rings. The van der Waals surface area contributed by atoms with Crippen LogP contribution in [0.2, 0.25) is 0 Å². The molecular formula is C18H19F3N2O4. The minimum Gasteiger partial charge on any atom is -0.493 e. The number of rotatable bonds is 8. The molecule has 0 spiro atoms. The molecule has 0 saturated heterocycles. The molecule has 0 fully saturated rings. The molecule has 2 aromatic carbocycles. The molecule has 2 N–H and O–H groups in total. The highest BCUT2D eigenvalue weighted by Crippen LogP contribution is 2.27. The van der Waals surface area contributed by atoms with Gasteiger partial charge >= 0.3 is 12.6 Å². The van der Waals surface area contributed by atoms with E-state index in [1.807, 2.05) is 6.07 Å². The van der Waals surface area contributed by atoms with Gasteiger partial charge in [-0.25, -0.2) is 9.18 Å². The van der Waals surface area contributed by atoms with Crippen LogP contribution in [0.5, 0.6) is 17.2 Å². The molecule has 146 valence electrons. The Morgan fingerprint density at radius 1 is 1.04 bits per heavy atom. The largest absolute Gasteiger partial charge is 0.493 e. The predicted molar refractivity (Wildman–Crippen MR) is 93.3 cm³/mol. The van der Waals surface area contributed by atoms with E-state index in [-0.39, 0.29) is 5.69 Å². The second kappa shape index (κ2) is 9.56. The van der Waals surface area contributed by atoms with Crippen molar-refractivity contribution in [3.63, 3.8) is 0 Å².